The van der Waals surface area contributed by atoms with Crippen molar-refractivity contribution in [3.63, 3.8) is 0 Å². The van der Waals surface area contributed by atoms with Gasteiger partial charge in [0.15, 0.2) is 17.3 Å². The number of nitrogens with one attached hydrogen (secondary N) is 1. The lowest BCUT2D eigenvalue weighted by molar-refractivity contribution is -0.122. The van der Waals surface area contributed by atoms with Gasteiger partial charge < -0.3 is 19.5 Å². The van der Waals surface area contributed by atoms with E-state index in [1.165, 1.54) is 0 Å². The maximum atomic E-state index is 13.4. The fourth-order valence-electron chi connectivity index (χ4n) is 4.63. The molecule has 0 aromatic heterocycles. The Morgan fingerprint density at radius 2 is 1.84 bits per heavy atom. The Hall–Kier alpha value is -2.80. The largest absolute Gasteiger partial charge is 0.497 e. The number of ketones is 1. The molecular formula is C25H26BrNO5. The van der Waals surface area contributed by atoms with Gasteiger partial charge >= 0.3 is 0 Å². The molecule has 1 heterocycles. The molecule has 7 heteroatoms. The van der Waals surface area contributed by atoms with Crippen LogP contribution in [0.1, 0.15) is 49.1 Å². The number of Topliss-reactive ketones (excluding diaryl/α,β-unsaturated/α-hetero) is 1. The van der Waals surface area contributed by atoms with Gasteiger partial charge in [0.05, 0.1) is 25.3 Å². The third kappa shape index (κ3) is 4.26. The van der Waals surface area contributed by atoms with E-state index in [-0.39, 0.29) is 29.9 Å². The second kappa shape index (κ2) is 9.36. The highest BCUT2D eigenvalue weighted by atomic mass is 79.9. The van der Waals surface area contributed by atoms with Crippen molar-refractivity contribution < 1.29 is 23.8 Å². The zero-order valence-electron chi connectivity index (χ0n) is 18.4. The fourth-order valence-corrected chi connectivity index (χ4v) is 5.25. The van der Waals surface area contributed by atoms with Crippen LogP contribution in [0.3, 0.4) is 0 Å². The molecule has 2 atom stereocenters. The Labute approximate surface area is 196 Å². The first-order valence-electron chi connectivity index (χ1n) is 10.6. The molecule has 2 aliphatic rings. The summed E-state index contributed by atoms with van der Waals surface area (Å²) in [5.74, 6) is 1.59. The lowest BCUT2D eigenvalue weighted by atomic mass is 9.73. The molecule has 1 N–H and O–H groups in total. The van der Waals surface area contributed by atoms with Gasteiger partial charge in [-0.2, -0.15) is 0 Å². The molecule has 2 aromatic carbocycles. The van der Waals surface area contributed by atoms with Gasteiger partial charge in [-0.15, -0.1) is 0 Å². The zero-order valence-corrected chi connectivity index (χ0v) is 20.0. The molecule has 2 unspecified atom stereocenters. The number of hydrogen-bond donors (Lipinski definition) is 1. The zero-order chi connectivity index (χ0) is 22.8. The first-order chi connectivity index (χ1) is 15.4. The van der Waals surface area contributed by atoms with Gasteiger partial charge in [-0.3, -0.25) is 9.59 Å². The van der Waals surface area contributed by atoms with Gasteiger partial charge in [0.1, 0.15) is 5.75 Å². The van der Waals surface area contributed by atoms with Crippen LogP contribution in [0.25, 0.3) is 0 Å². The van der Waals surface area contributed by atoms with Crippen molar-refractivity contribution >= 4 is 27.6 Å². The van der Waals surface area contributed by atoms with Crippen LogP contribution in [0.4, 0.5) is 0 Å². The van der Waals surface area contributed by atoms with E-state index in [0.29, 0.717) is 36.5 Å². The molecule has 4 rings (SSSR count). The second-order valence-corrected chi connectivity index (χ2v) is 8.82. The smallest absolute Gasteiger partial charge is 0.225 e. The van der Waals surface area contributed by atoms with Crippen LogP contribution in [0.5, 0.6) is 17.2 Å². The third-order valence-corrected chi connectivity index (χ3v) is 6.63. The molecule has 0 bridgehead atoms. The van der Waals surface area contributed by atoms with Crippen molar-refractivity contribution in [1.29, 1.82) is 0 Å². The number of carbonyl (C=O) groups is 2. The highest BCUT2D eigenvalue weighted by Gasteiger charge is 2.38. The van der Waals surface area contributed by atoms with Crippen LogP contribution in [0.15, 0.2) is 52.1 Å². The first-order valence-corrected chi connectivity index (χ1v) is 11.4. The second-order valence-electron chi connectivity index (χ2n) is 7.97. The summed E-state index contributed by atoms with van der Waals surface area (Å²) >= 11 is 3.55. The summed E-state index contributed by atoms with van der Waals surface area (Å²) in [6.45, 7) is 2.38. The number of rotatable bonds is 6. The van der Waals surface area contributed by atoms with E-state index in [0.717, 1.165) is 27.0 Å². The van der Waals surface area contributed by atoms with E-state index in [9.17, 15) is 9.59 Å². The molecule has 2 aromatic rings. The van der Waals surface area contributed by atoms with Crippen molar-refractivity contribution in [3.05, 3.63) is 63.3 Å². The molecule has 32 heavy (non-hydrogen) atoms. The SMILES string of the molecule is CCOc1cc(C2CC(=O)NC3=C2C(=O)CC(c2cccc(OC)c2)C3)cc(Br)c1OC. The number of amides is 1. The summed E-state index contributed by atoms with van der Waals surface area (Å²) in [4.78, 5) is 26.0. The number of carbonyl (C=O) groups excluding carboxylic acids is 2. The van der Waals surface area contributed by atoms with Gasteiger partial charge in [0.25, 0.3) is 0 Å². The molecule has 1 aliphatic carbocycles. The number of ether oxygens (including phenoxy) is 3. The Morgan fingerprint density at radius 1 is 1.03 bits per heavy atom. The maximum absolute atomic E-state index is 13.4. The van der Waals surface area contributed by atoms with Gasteiger partial charge in [-0.25, -0.2) is 0 Å². The number of hydrogen-bond acceptors (Lipinski definition) is 5. The van der Waals surface area contributed by atoms with E-state index in [4.69, 9.17) is 14.2 Å². The molecule has 0 spiro atoms. The van der Waals surface area contributed by atoms with E-state index in [2.05, 4.69) is 21.2 Å². The minimum Gasteiger partial charge on any atom is -0.497 e. The van der Waals surface area contributed by atoms with Gasteiger partial charge in [0, 0.05) is 30.0 Å². The molecule has 1 amide bonds. The summed E-state index contributed by atoms with van der Waals surface area (Å²) < 4.78 is 17.3. The number of benzene rings is 2. The van der Waals surface area contributed by atoms with Gasteiger partial charge in [0.2, 0.25) is 5.91 Å². The normalized spacial score (nSPS) is 20.5. The number of methoxy groups -OCH3 is 2. The Balaban J connectivity index is 1.73. The van der Waals surface area contributed by atoms with Crippen molar-refractivity contribution in [2.75, 3.05) is 20.8 Å². The topological polar surface area (TPSA) is 73.9 Å². The van der Waals surface area contributed by atoms with Crippen molar-refractivity contribution in [1.82, 2.24) is 5.32 Å². The van der Waals surface area contributed by atoms with E-state index in [1.807, 2.05) is 43.3 Å². The minimum atomic E-state index is -0.320. The van der Waals surface area contributed by atoms with Crippen molar-refractivity contribution in [3.8, 4) is 17.2 Å². The summed E-state index contributed by atoms with van der Waals surface area (Å²) in [7, 11) is 3.21. The monoisotopic (exact) mass is 499 g/mol. The summed E-state index contributed by atoms with van der Waals surface area (Å²) in [5.41, 5.74) is 3.31. The summed E-state index contributed by atoms with van der Waals surface area (Å²) in [5, 5.41) is 2.97. The Bertz CT molecular complexity index is 1090. The molecule has 0 saturated carbocycles. The average Bonchev–Trinajstić information content (AvgIpc) is 2.78. The van der Waals surface area contributed by atoms with Crippen LogP contribution in [-0.4, -0.2) is 32.5 Å². The first kappa shape index (κ1) is 22.4. The van der Waals surface area contributed by atoms with E-state index < -0.39 is 0 Å². The third-order valence-electron chi connectivity index (χ3n) is 6.04. The van der Waals surface area contributed by atoms with Gasteiger partial charge in [-0.1, -0.05) is 12.1 Å². The van der Waals surface area contributed by atoms with Crippen LogP contribution in [0.2, 0.25) is 0 Å². The van der Waals surface area contributed by atoms with Crippen LogP contribution >= 0.6 is 15.9 Å². The lowest BCUT2D eigenvalue weighted by Gasteiger charge is -2.34. The van der Waals surface area contributed by atoms with Gasteiger partial charge in [-0.05, 0) is 70.6 Å². The van der Waals surface area contributed by atoms with E-state index >= 15 is 0 Å². The predicted molar refractivity (Wildman–Crippen MR) is 124 cm³/mol. The average molecular weight is 500 g/mol. The van der Waals surface area contributed by atoms with Crippen LogP contribution in [-0.2, 0) is 9.59 Å². The standard InChI is InChI=1S/C25H26BrNO5/c1-4-32-22-12-16(9-19(26)25(22)31-3)18-13-23(29)27-20-10-15(11-21(28)24(18)20)14-6-5-7-17(8-14)30-2/h5-9,12,15,18H,4,10-11,13H2,1-3H3,(H,27,29). The summed E-state index contributed by atoms with van der Waals surface area (Å²) in [6.07, 6.45) is 1.22. The fraction of sp³-hybridized carbons (Fsp3) is 0.360. The van der Waals surface area contributed by atoms with Crippen molar-refractivity contribution in [2.45, 2.75) is 38.0 Å². The molecule has 168 valence electrons. The van der Waals surface area contributed by atoms with E-state index in [1.54, 1.807) is 14.2 Å². The molecule has 6 nitrogen and oxygen atoms in total. The molecule has 0 radical (unpaired) electrons. The Kier molecular flexibility index (Phi) is 6.55. The van der Waals surface area contributed by atoms with Crippen LogP contribution in [0, 0.1) is 0 Å². The minimum absolute atomic E-state index is 0.00279. The summed E-state index contributed by atoms with van der Waals surface area (Å²) in [6, 6.07) is 11.6. The highest BCUT2D eigenvalue weighted by molar-refractivity contribution is 9.10. The predicted octanol–water partition coefficient (Wildman–Crippen LogP) is 4.87. The lowest BCUT2D eigenvalue weighted by Crippen LogP contribution is -2.38. The molecule has 0 saturated heterocycles. The quantitative estimate of drug-likeness (QED) is 0.613. The molecular weight excluding hydrogens is 474 g/mol. The highest BCUT2D eigenvalue weighted by Crippen LogP contribution is 2.46. The maximum Gasteiger partial charge on any atom is 0.225 e. The number of allylic oxidation sites excluding steroid dienone is 2. The molecule has 1 aliphatic heterocycles. The van der Waals surface area contributed by atoms with Crippen molar-refractivity contribution in [2.24, 2.45) is 0 Å². The number of halogens is 1. The Morgan fingerprint density at radius 3 is 2.56 bits per heavy atom. The molecule has 0 fully saturated rings. The van der Waals surface area contributed by atoms with Crippen LogP contribution < -0.4 is 19.5 Å².